The van der Waals surface area contributed by atoms with Gasteiger partial charge in [0.25, 0.3) is 5.91 Å². The molecule has 1 heterocycles. The molecule has 1 aromatic carbocycles. The van der Waals surface area contributed by atoms with E-state index in [9.17, 15) is 13.2 Å². The first-order chi connectivity index (χ1) is 8.88. The van der Waals surface area contributed by atoms with Crippen molar-refractivity contribution in [3.8, 4) is 0 Å². The highest BCUT2D eigenvalue weighted by atomic mass is 32.2. The Labute approximate surface area is 109 Å². The van der Waals surface area contributed by atoms with Crippen molar-refractivity contribution >= 4 is 21.6 Å². The van der Waals surface area contributed by atoms with Crippen LogP contribution in [-0.2, 0) is 10.0 Å². The van der Waals surface area contributed by atoms with Gasteiger partial charge < -0.3 is 9.84 Å². The first-order valence-corrected chi connectivity index (χ1v) is 6.78. The highest BCUT2D eigenvalue weighted by Crippen LogP contribution is 2.20. The number of anilines is 1. The van der Waals surface area contributed by atoms with Gasteiger partial charge in [0.1, 0.15) is 0 Å². The SMILES string of the molecule is Cc1ccc(S(N)(=O)=O)cc1NC(=O)c1ccno1. The molecular formula is C11H11N3O4S. The van der Waals surface area contributed by atoms with Crippen LogP contribution in [-0.4, -0.2) is 19.5 Å². The standard InChI is InChI=1S/C11H11N3O4S/c1-7-2-3-8(19(12,16)17)6-9(7)14-11(15)10-4-5-13-18-10/h2-6H,1H3,(H,14,15)(H2,12,16,17). The third-order valence-electron chi connectivity index (χ3n) is 2.45. The van der Waals surface area contributed by atoms with Gasteiger partial charge in [-0.1, -0.05) is 11.2 Å². The second-order valence-corrected chi connectivity index (χ2v) is 5.41. The molecule has 0 saturated heterocycles. The molecule has 1 aromatic heterocycles. The van der Waals surface area contributed by atoms with Gasteiger partial charge in [0.15, 0.2) is 0 Å². The Morgan fingerprint density at radius 2 is 2.11 bits per heavy atom. The lowest BCUT2D eigenvalue weighted by molar-refractivity contribution is 0.0988. The van der Waals surface area contributed by atoms with Crippen molar-refractivity contribution in [2.45, 2.75) is 11.8 Å². The molecule has 7 nitrogen and oxygen atoms in total. The van der Waals surface area contributed by atoms with Crippen LogP contribution in [0.5, 0.6) is 0 Å². The summed E-state index contributed by atoms with van der Waals surface area (Å²) < 4.78 is 27.2. The van der Waals surface area contributed by atoms with Crippen molar-refractivity contribution in [3.63, 3.8) is 0 Å². The molecule has 0 aliphatic carbocycles. The van der Waals surface area contributed by atoms with Gasteiger partial charge in [-0.25, -0.2) is 13.6 Å². The fourth-order valence-corrected chi connectivity index (χ4v) is 1.97. The van der Waals surface area contributed by atoms with Crippen molar-refractivity contribution in [2.75, 3.05) is 5.32 Å². The van der Waals surface area contributed by atoms with E-state index < -0.39 is 15.9 Å². The van der Waals surface area contributed by atoms with Crippen LogP contribution in [0.1, 0.15) is 16.1 Å². The maximum Gasteiger partial charge on any atom is 0.294 e. The molecule has 8 heteroatoms. The number of sulfonamides is 1. The summed E-state index contributed by atoms with van der Waals surface area (Å²) in [6.45, 7) is 1.73. The van der Waals surface area contributed by atoms with Crippen molar-refractivity contribution in [1.29, 1.82) is 0 Å². The lowest BCUT2D eigenvalue weighted by atomic mass is 10.2. The summed E-state index contributed by atoms with van der Waals surface area (Å²) in [4.78, 5) is 11.7. The number of rotatable bonds is 3. The first kappa shape index (κ1) is 13.2. The van der Waals surface area contributed by atoms with Crippen molar-refractivity contribution in [2.24, 2.45) is 5.14 Å². The first-order valence-electron chi connectivity index (χ1n) is 5.23. The third-order valence-corrected chi connectivity index (χ3v) is 3.36. The van der Waals surface area contributed by atoms with Gasteiger partial charge in [-0.15, -0.1) is 0 Å². The smallest absolute Gasteiger partial charge is 0.294 e. The number of hydrogen-bond donors (Lipinski definition) is 2. The molecule has 100 valence electrons. The minimum absolute atomic E-state index is 0.0282. The van der Waals surface area contributed by atoms with E-state index in [-0.39, 0.29) is 10.7 Å². The zero-order valence-electron chi connectivity index (χ0n) is 9.95. The molecule has 0 unspecified atom stereocenters. The Kier molecular flexibility index (Phi) is 3.36. The van der Waals surface area contributed by atoms with E-state index in [1.807, 2.05) is 0 Å². The second-order valence-electron chi connectivity index (χ2n) is 3.85. The number of nitrogens with zero attached hydrogens (tertiary/aromatic N) is 1. The number of aryl methyl sites for hydroxylation is 1. The molecular weight excluding hydrogens is 270 g/mol. The predicted octanol–water partition coefficient (Wildman–Crippen LogP) is 0.883. The van der Waals surface area contributed by atoms with Crippen molar-refractivity contribution < 1.29 is 17.7 Å². The molecule has 0 aliphatic rings. The van der Waals surface area contributed by atoms with Crippen molar-refractivity contribution in [1.82, 2.24) is 5.16 Å². The Bertz CT molecular complexity index is 708. The molecule has 0 aliphatic heterocycles. The summed E-state index contributed by atoms with van der Waals surface area (Å²) in [5.74, 6) is -0.493. The largest absolute Gasteiger partial charge is 0.351 e. The number of amides is 1. The minimum atomic E-state index is -3.82. The van der Waals surface area contributed by atoms with Gasteiger partial charge in [0.2, 0.25) is 15.8 Å². The lowest BCUT2D eigenvalue weighted by Crippen LogP contribution is -2.15. The van der Waals surface area contributed by atoms with Gasteiger partial charge in [-0.3, -0.25) is 4.79 Å². The van der Waals surface area contributed by atoms with E-state index in [1.54, 1.807) is 13.0 Å². The summed E-state index contributed by atoms with van der Waals surface area (Å²) >= 11 is 0. The summed E-state index contributed by atoms with van der Waals surface area (Å²) in [6, 6.07) is 5.61. The highest BCUT2D eigenvalue weighted by Gasteiger charge is 2.14. The summed E-state index contributed by atoms with van der Waals surface area (Å²) in [6.07, 6.45) is 1.34. The summed E-state index contributed by atoms with van der Waals surface area (Å²) in [7, 11) is -3.82. The van der Waals surface area contributed by atoms with Crippen LogP contribution in [0.15, 0.2) is 39.9 Å². The van der Waals surface area contributed by atoms with Crippen LogP contribution >= 0.6 is 0 Å². The molecule has 0 radical (unpaired) electrons. The molecule has 0 fully saturated rings. The number of carbonyl (C=O) groups excluding carboxylic acids is 1. The molecule has 0 spiro atoms. The molecule has 2 aromatic rings. The quantitative estimate of drug-likeness (QED) is 0.866. The van der Waals surface area contributed by atoms with Crippen LogP contribution in [0.3, 0.4) is 0 Å². The Hall–Kier alpha value is -2.19. The second kappa shape index (κ2) is 4.82. The summed E-state index contributed by atoms with van der Waals surface area (Å²) in [5, 5.41) is 11.0. The van der Waals surface area contributed by atoms with Crippen LogP contribution < -0.4 is 10.5 Å². The Balaban J connectivity index is 2.32. The maximum absolute atomic E-state index is 11.8. The van der Waals surface area contributed by atoms with Crippen LogP contribution in [0, 0.1) is 6.92 Å². The van der Waals surface area contributed by atoms with Gasteiger partial charge in [-0.2, -0.15) is 0 Å². The Morgan fingerprint density at radius 1 is 1.37 bits per heavy atom. The fourth-order valence-electron chi connectivity index (χ4n) is 1.43. The maximum atomic E-state index is 11.8. The third kappa shape index (κ3) is 2.98. The number of nitrogens with one attached hydrogen (secondary N) is 1. The van der Waals surface area contributed by atoms with E-state index in [0.29, 0.717) is 11.3 Å². The minimum Gasteiger partial charge on any atom is -0.351 e. The number of hydrogen-bond acceptors (Lipinski definition) is 5. The zero-order valence-corrected chi connectivity index (χ0v) is 10.8. The molecule has 3 N–H and O–H groups in total. The molecule has 2 rings (SSSR count). The lowest BCUT2D eigenvalue weighted by Gasteiger charge is -2.08. The van der Waals surface area contributed by atoms with Gasteiger partial charge in [-0.05, 0) is 24.6 Å². The number of benzene rings is 1. The van der Waals surface area contributed by atoms with Crippen LogP contribution in [0.2, 0.25) is 0 Å². The van der Waals surface area contributed by atoms with E-state index in [0.717, 1.165) is 0 Å². The highest BCUT2D eigenvalue weighted by molar-refractivity contribution is 7.89. The number of primary sulfonamides is 1. The fraction of sp³-hybridized carbons (Fsp3) is 0.0909. The number of nitrogens with two attached hydrogens (primary N) is 1. The summed E-state index contributed by atoms with van der Waals surface area (Å²) in [5.41, 5.74) is 1.04. The van der Waals surface area contributed by atoms with Crippen LogP contribution in [0.4, 0.5) is 5.69 Å². The van der Waals surface area contributed by atoms with E-state index in [1.165, 1.54) is 24.4 Å². The topological polar surface area (TPSA) is 115 Å². The normalized spacial score (nSPS) is 11.3. The van der Waals surface area contributed by atoms with E-state index >= 15 is 0 Å². The Morgan fingerprint density at radius 3 is 2.68 bits per heavy atom. The van der Waals surface area contributed by atoms with Crippen molar-refractivity contribution in [3.05, 3.63) is 41.8 Å². The average Bonchev–Trinajstić information content (AvgIpc) is 2.84. The van der Waals surface area contributed by atoms with Crippen LogP contribution in [0.25, 0.3) is 0 Å². The van der Waals surface area contributed by atoms with Gasteiger partial charge >= 0.3 is 0 Å². The molecule has 0 bridgehead atoms. The molecule has 1 amide bonds. The monoisotopic (exact) mass is 281 g/mol. The number of carbonyl (C=O) groups is 1. The molecule has 0 atom stereocenters. The number of aromatic nitrogens is 1. The van der Waals surface area contributed by atoms with Gasteiger partial charge in [0, 0.05) is 11.8 Å². The zero-order chi connectivity index (χ0) is 14.0. The van der Waals surface area contributed by atoms with Gasteiger partial charge in [0.05, 0.1) is 11.1 Å². The van der Waals surface area contributed by atoms with E-state index in [2.05, 4.69) is 10.5 Å². The molecule has 0 saturated carbocycles. The predicted molar refractivity (Wildman–Crippen MR) is 67.0 cm³/mol. The van der Waals surface area contributed by atoms with E-state index in [4.69, 9.17) is 9.66 Å². The average molecular weight is 281 g/mol. The molecule has 19 heavy (non-hydrogen) atoms.